The molecule has 107 heavy (non-hydrogen) atoms. The minimum atomic E-state index is -1.01. The van der Waals surface area contributed by atoms with E-state index in [0.717, 1.165) is 65.6 Å². The van der Waals surface area contributed by atoms with Gasteiger partial charge in [-0.15, -0.1) is 0 Å². The molecule has 21 heteroatoms. The Bertz CT molecular complexity index is 4730. The minimum Gasteiger partial charge on any atom is -0.665 e. The predicted molar refractivity (Wildman–Crippen MR) is 451 cm³/mol. The number of aryl methyl sites for hydroxylation is 2. The van der Waals surface area contributed by atoms with Crippen LogP contribution in [0.15, 0.2) is 246 Å². The molecule has 0 aliphatic rings. The van der Waals surface area contributed by atoms with Gasteiger partial charge in [0.1, 0.15) is 28.3 Å². The van der Waals surface area contributed by atoms with Crippen LogP contribution in [-0.2, 0) is 59.2 Å². The van der Waals surface area contributed by atoms with Crippen LogP contribution >= 0.6 is 85.5 Å². The number of aliphatic hydroxyl groups is 2. The number of pyridine rings is 2. The van der Waals surface area contributed by atoms with Gasteiger partial charge in [0, 0.05) is 28.6 Å². The number of phenols is 3. The molecule has 12 rings (SSSR count). The summed E-state index contributed by atoms with van der Waals surface area (Å²) in [5, 5.41) is 53.6. The third kappa shape index (κ3) is 37.0. The number of hydrogen-bond donors (Lipinski definition) is 5. The molecule has 9 aromatic carbocycles. The van der Waals surface area contributed by atoms with E-state index >= 15 is 0 Å². The molecular formula is C86H94BrCl6N6O5W3-. The van der Waals surface area contributed by atoms with Gasteiger partial charge in [-0.3, -0.25) is 9.97 Å². The molecule has 0 aliphatic heterocycles. The van der Waals surface area contributed by atoms with Gasteiger partial charge in [-0.2, -0.15) is 11.4 Å². The van der Waals surface area contributed by atoms with Crippen LogP contribution in [0.3, 0.4) is 0 Å². The number of aromatic hydroxyl groups is 3. The van der Waals surface area contributed by atoms with Crippen molar-refractivity contribution in [2.24, 2.45) is 21.3 Å². The number of hydrogen-bond acceptors (Lipinski definition) is 10. The van der Waals surface area contributed by atoms with Crippen molar-refractivity contribution in [3.05, 3.63) is 282 Å². The molecule has 0 spiro atoms. The molecular weight excluding hydrogens is 2040 g/mol. The van der Waals surface area contributed by atoms with Gasteiger partial charge in [0.25, 0.3) is 0 Å². The Kier molecular flexibility index (Phi) is 40.1. The summed E-state index contributed by atoms with van der Waals surface area (Å²) >= 11 is 37.0. The van der Waals surface area contributed by atoms with Crippen LogP contribution in [0.25, 0.3) is 43.7 Å². The first-order chi connectivity index (χ1) is 50.1. The van der Waals surface area contributed by atoms with Crippen molar-refractivity contribution in [3.8, 4) is 28.4 Å². The molecule has 0 atom stereocenters. The van der Waals surface area contributed by atoms with Crippen LogP contribution in [0.2, 0.25) is 30.1 Å². The van der Waals surface area contributed by atoms with E-state index in [4.69, 9.17) is 79.8 Å². The molecule has 0 fully saturated rings. The Labute approximate surface area is 695 Å². The van der Waals surface area contributed by atoms with E-state index in [-0.39, 0.29) is 27.7 Å². The zero-order valence-corrected chi connectivity index (χ0v) is 77.9. The molecule has 0 aliphatic carbocycles. The average molecular weight is 2140 g/mol. The van der Waals surface area contributed by atoms with E-state index in [1.165, 1.54) is 5.56 Å². The first kappa shape index (κ1) is 93.3. The fourth-order valence-corrected chi connectivity index (χ4v) is 18.8. The molecule has 0 unspecified atom stereocenters. The van der Waals surface area contributed by atoms with Crippen LogP contribution in [0.5, 0.6) is 17.2 Å². The maximum Gasteiger partial charge on any atom is 0.141 e. The second-order valence-electron chi connectivity index (χ2n) is 28.4. The van der Waals surface area contributed by atoms with E-state index in [2.05, 4.69) is 146 Å². The third-order valence-electron chi connectivity index (χ3n) is 13.1. The molecule has 5 N–H and O–H groups in total. The monoisotopic (exact) mass is 2130 g/mol. The van der Waals surface area contributed by atoms with E-state index < -0.39 is 65.0 Å². The van der Waals surface area contributed by atoms with Crippen LogP contribution in [0.1, 0.15) is 114 Å². The van der Waals surface area contributed by atoms with E-state index in [9.17, 15) is 15.3 Å². The van der Waals surface area contributed by atoms with Crippen molar-refractivity contribution < 1.29 is 79.3 Å². The average Bonchev–Trinajstić information content (AvgIpc) is 1.07. The Hall–Kier alpha value is -6.05. The first-order valence-electron chi connectivity index (χ1n) is 33.7. The number of aromatic nitrogens is 3. The molecule has 3 aromatic heterocycles. The Balaban J connectivity index is 0.000000262. The van der Waals surface area contributed by atoms with Gasteiger partial charge in [-0.05, 0) is 104 Å². The quantitative estimate of drug-likeness (QED) is 0.109. The Morgan fingerprint density at radius 2 is 0.710 bits per heavy atom. The van der Waals surface area contributed by atoms with Gasteiger partial charge >= 0.3 is 356 Å². The van der Waals surface area contributed by atoms with Crippen LogP contribution in [0, 0.1) is 24.7 Å². The van der Waals surface area contributed by atoms with Crippen molar-refractivity contribution in [2.45, 2.75) is 127 Å². The summed E-state index contributed by atoms with van der Waals surface area (Å²) < 4.78 is 21.4. The molecule has 12 aromatic rings. The second-order valence-corrected chi connectivity index (χ2v) is 38.5. The number of fused-ring (bicyclic) bond motifs is 3. The summed E-state index contributed by atoms with van der Waals surface area (Å²) in [5.74, 6) is 0.776. The Morgan fingerprint density at radius 3 is 1.06 bits per heavy atom. The van der Waals surface area contributed by atoms with Crippen LogP contribution in [0.4, 0.5) is 17.1 Å². The Morgan fingerprint density at radius 1 is 0.383 bits per heavy atom. The predicted octanol–water partition coefficient (Wildman–Crippen LogP) is 26.8. The van der Waals surface area contributed by atoms with Gasteiger partial charge in [0.05, 0.1) is 15.7 Å². The smallest absolute Gasteiger partial charge is 0.141 e. The molecule has 0 amide bonds. The number of phenolic OH excluding ortho intramolecular Hbond substituents is 3. The SMILES string of the molecule is CC(C)(C)O.CC(C)(C)O.CC(C)(C)[CH]=[W]=[N]c1c(Cl)cccc1Cl.CC(C)(C)[CH]=[W]=[N]c1c(Cl)cccc1Cl.CC(C)([CH]=[W]=[N]c1c(Cl)cccc1Cl)c1ccccc1.Cc1ccc(C)[n-]1.Oc1c(Br)ccc2cccc(-c3ccccc3)c12.Oc1cccc2cccnc12.Oc1cccc2cccnc12. The van der Waals surface area contributed by atoms with Gasteiger partial charge in [-0.1, -0.05) is 117 Å². The molecule has 3 heterocycles. The number of halogens is 7. The van der Waals surface area contributed by atoms with Gasteiger partial charge < -0.3 is 30.5 Å². The topological polar surface area (TPSA) is 178 Å². The summed E-state index contributed by atoms with van der Waals surface area (Å²) in [5.41, 5.74) is 8.76. The molecule has 0 radical (unpaired) electrons. The maximum atomic E-state index is 10.3. The number of para-hydroxylation sites is 2. The van der Waals surface area contributed by atoms with Crippen molar-refractivity contribution in [3.63, 3.8) is 0 Å². The fraction of sp³-hybridized carbons (Fsp3) is 0.244. The van der Waals surface area contributed by atoms with E-state index in [1.54, 1.807) is 78.2 Å². The molecule has 566 valence electrons. The first-order valence-corrected chi connectivity index (χ1v) is 45.7. The summed E-state index contributed by atoms with van der Waals surface area (Å²) in [6, 6.07) is 69.2. The fourth-order valence-electron chi connectivity index (χ4n) is 8.31. The summed E-state index contributed by atoms with van der Waals surface area (Å²) in [7, 11) is 0. The normalized spacial score (nSPS) is 10.8. The second kappa shape index (κ2) is 45.9. The van der Waals surface area contributed by atoms with E-state index in [0.29, 0.717) is 46.9 Å². The molecule has 0 saturated heterocycles. The largest absolute Gasteiger partial charge is 0.665 e. The summed E-state index contributed by atoms with van der Waals surface area (Å²) in [4.78, 5) is 12.2. The minimum absolute atomic E-state index is 0.0309. The van der Waals surface area contributed by atoms with Gasteiger partial charge in [-0.25, -0.2) is 0 Å². The molecule has 0 saturated carbocycles. The standard InChI is InChI=1S/C16H11BrO.C10H12.2C9H7NO.3C6H3Cl2N.C6H8N.2C5H10.2C4H10O.3W/c17-14-10-9-12-7-4-8-13(15(12)16(14)18)11-5-2-1-3-6-11;1-10(2,3)9-7-5-4-6-8-9;2*11-8-5-1-3-7-4-2-6-10-9(7)8;3*7-4-2-1-3-5(8)6(4)9;1-5-3-4-6(2)7-5;2*1-5(2,3)4;2*1-4(2,3)5;;;/h1-10,18H;1,4-8H,2-3H3;2*1-6,11H;3*1-3H;3-4H,1-2H3;2*1H,2-4H3;2*5H,1-3H3;;;/q;;;;;;;-1;;;;;;;. The van der Waals surface area contributed by atoms with Crippen LogP contribution in [-0.4, -0.2) is 59.9 Å². The maximum absolute atomic E-state index is 10.3. The van der Waals surface area contributed by atoms with Crippen molar-refractivity contribution in [1.82, 2.24) is 15.0 Å². The zero-order chi connectivity index (χ0) is 79.7. The summed E-state index contributed by atoms with van der Waals surface area (Å²) in [6.07, 6.45) is 3.34. The van der Waals surface area contributed by atoms with Crippen molar-refractivity contribution in [1.29, 1.82) is 0 Å². The van der Waals surface area contributed by atoms with Crippen molar-refractivity contribution in [2.75, 3.05) is 0 Å². The van der Waals surface area contributed by atoms with E-state index in [1.807, 2.05) is 172 Å². The van der Waals surface area contributed by atoms with Crippen LogP contribution < -0.4 is 4.98 Å². The molecule has 0 bridgehead atoms. The molecule has 11 nitrogen and oxygen atoms in total. The third-order valence-corrected chi connectivity index (χ3v) is 27.0. The number of nitrogens with zero attached hydrogens (tertiary/aromatic N) is 6. The number of benzene rings is 9. The van der Waals surface area contributed by atoms with Crippen molar-refractivity contribution >= 4 is 148 Å². The van der Waals surface area contributed by atoms with Gasteiger partial charge in [0.2, 0.25) is 0 Å². The summed E-state index contributed by atoms with van der Waals surface area (Å²) in [6.45, 7) is 31.9. The zero-order valence-electron chi connectivity index (χ0n) is 63.0. The number of rotatable bonds is 6. The van der Waals surface area contributed by atoms with Gasteiger partial charge in [0.15, 0.2) is 0 Å².